The number of hydrogen-bond donors (Lipinski definition) is 1. The van der Waals surface area contributed by atoms with Gasteiger partial charge in [0.15, 0.2) is 0 Å². The van der Waals surface area contributed by atoms with Crippen molar-refractivity contribution in [2.45, 2.75) is 13.8 Å². The summed E-state index contributed by atoms with van der Waals surface area (Å²) in [4.78, 5) is 16.5. The Balaban J connectivity index is 1.46. The SMILES string of the molecule is CC(=O)Nc1ccc(Oc2ccc(-c3noc(-c4sccc4C)n3)cc2)cc1. The average Bonchev–Trinajstić information content (AvgIpc) is 3.32. The summed E-state index contributed by atoms with van der Waals surface area (Å²) in [6, 6.07) is 16.7. The molecule has 4 aromatic rings. The Morgan fingerprint density at radius 2 is 1.71 bits per heavy atom. The Bertz CT molecular complexity index is 1100. The third kappa shape index (κ3) is 3.94. The van der Waals surface area contributed by atoms with Crippen molar-refractivity contribution >= 4 is 22.9 Å². The second kappa shape index (κ2) is 7.66. The maximum atomic E-state index is 11.1. The molecule has 0 radical (unpaired) electrons. The molecule has 0 spiro atoms. The first kappa shape index (κ1) is 17.9. The van der Waals surface area contributed by atoms with Crippen molar-refractivity contribution in [2.24, 2.45) is 0 Å². The third-order valence-corrected chi connectivity index (χ3v) is 5.01. The van der Waals surface area contributed by atoms with E-state index in [1.54, 1.807) is 35.6 Å². The molecule has 1 amide bonds. The number of aromatic nitrogens is 2. The van der Waals surface area contributed by atoms with Crippen LogP contribution >= 0.6 is 11.3 Å². The Morgan fingerprint density at radius 3 is 2.32 bits per heavy atom. The molecule has 0 saturated heterocycles. The van der Waals surface area contributed by atoms with Gasteiger partial charge in [0.05, 0.1) is 4.88 Å². The van der Waals surface area contributed by atoms with E-state index in [2.05, 4.69) is 15.5 Å². The molecule has 0 aliphatic carbocycles. The topological polar surface area (TPSA) is 77.2 Å². The van der Waals surface area contributed by atoms with Crippen LogP contribution in [0.25, 0.3) is 22.2 Å². The number of anilines is 1. The predicted molar refractivity (Wildman–Crippen MR) is 109 cm³/mol. The molecule has 28 heavy (non-hydrogen) atoms. The monoisotopic (exact) mass is 391 g/mol. The van der Waals surface area contributed by atoms with E-state index in [4.69, 9.17) is 9.26 Å². The van der Waals surface area contributed by atoms with Gasteiger partial charge in [-0.3, -0.25) is 4.79 Å². The fourth-order valence-corrected chi connectivity index (χ4v) is 3.49. The highest BCUT2D eigenvalue weighted by atomic mass is 32.1. The average molecular weight is 391 g/mol. The van der Waals surface area contributed by atoms with Gasteiger partial charge in [-0.25, -0.2) is 0 Å². The number of ether oxygens (including phenoxy) is 1. The van der Waals surface area contributed by atoms with Crippen LogP contribution in [0.5, 0.6) is 11.5 Å². The van der Waals surface area contributed by atoms with Gasteiger partial charge in [-0.15, -0.1) is 11.3 Å². The van der Waals surface area contributed by atoms with Crippen LogP contribution in [0.15, 0.2) is 64.5 Å². The summed E-state index contributed by atoms with van der Waals surface area (Å²) in [5.41, 5.74) is 2.69. The van der Waals surface area contributed by atoms with E-state index in [0.717, 1.165) is 21.7 Å². The Labute approximate surface area is 165 Å². The van der Waals surface area contributed by atoms with Crippen LogP contribution in [0.1, 0.15) is 12.5 Å². The molecule has 0 fully saturated rings. The van der Waals surface area contributed by atoms with Crippen molar-refractivity contribution in [3.05, 3.63) is 65.5 Å². The number of nitrogens with one attached hydrogen (secondary N) is 1. The number of carbonyl (C=O) groups is 1. The molecule has 0 atom stereocenters. The van der Waals surface area contributed by atoms with E-state index in [0.29, 0.717) is 23.2 Å². The van der Waals surface area contributed by atoms with Crippen molar-refractivity contribution in [3.8, 4) is 33.7 Å². The van der Waals surface area contributed by atoms with Gasteiger partial charge in [0.25, 0.3) is 5.89 Å². The largest absolute Gasteiger partial charge is 0.457 e. The van der Waals surface area contributed by atoms with Gasteiger partial charge in [-0.2, -0.15) is 4.98 Å². The zero-order chi connectivity index (χ0) is 19.5. The fraction of sp³-hybridized carbons (Fsp3) is 0.0952. The highest BCUT2D eigenvalue weighted by Gasteiger charge is 2.13. The van der Waals surface area contributed by atoms with E-state index in [-0.39, 0.29) is 5.91 Å². The minimum Gasteiger partial charge on any atom is -0.457 e. The maximum absolute atomic E-state index is 11.1. The lowest BCUT2D eigenvalue weighted by atomic mass is 10.2. The zero-order valence-corrected chi connectivity index (χ0v) is 16.1. The number of benzene rings is 2. The molecule has 7 heteroatoms. The van der Waals surface area contributed by atoms with Gasteiger partial charge < -0.3 is 14.6 Å². The van der Waals surface area contributed by atoms with E-state index in [1.807, 2.05) is 42.6 Å². The van der Waals surface area contributed by atoms with Crippen LogP contribution in [0.2, 0.25) is 0 Å². The third-order valence-electron chi connectivity index (χ3n) is 4.01. The van der Waals surface area contributed by atoms with Crippen LogP contribution in [0.4, 0.5) is 5.69 Å². The van der Waals surface area contributed by atoms with Crippen LogP contribution in [-0.4, -0.2) is 16.0 Å². The summed E-state index contributed by atoms with van der Waals surface area (Å²) in [6.45, 7) is 3.49. The van der Waals surface area contributed by atoms with E-state index >= 15 is 0 Å². The minimum absolute atomic E-state index is 0.108. The van der Waals surface area contributed by atoms with Crippen molar-refractivity contribution < 1.29 is 14.1 Å². The van der Waals surface area contributed by atoms with Crippen molar-refractivity contribution in [3.63, 3.8) is 0 Å². The lowest BCUT2D eigenvalue weighted by Gasteiger charge is -2.07. The first-order valence-corrected chi connectivity index (χ1v) is 9.50. The number of rotatable bonds is 5. The lowest BCUT2D eigenvalue weighted by Crippen LogP contribution is -2.05. The molecule has 0 aliphatic heterocycles. The molecular formula is C21H17N3O3S. The van der Waals surface area contributed by atoms with Gasteiger partial charge in [0.1, 0.15) is 11.5 Å². The van der Waals surface area contributed by atoms with E-state index in [9.17, 15) is 4.79 Å². The number of amides is 1. The predicted octanol–water partition coefficient (Wildman–Crippen LogP) is 5.52. The fourth-order valence-electron chi connectivity index (χ4n) is 2.64. The molecule has 2 heterocycles. The molecule has 0 aliphatic rings. The minimum atomic E-state index is -0.108. The molecule has 2 aromatic heterocycles. The molecule has 0 unspecified atom stereocenters. The van der Waals surface area contributed by atoms with Crippen LogP contribution in [0, 0.1) is 6.92 Å². The summed E-state index contributed by atoms with van der Waals surface area (Å²) in [7, 11) is 0. The van der Waals surface area contributed by atoms with Gasteiger partial charge in [0, 0.05) is 18.2 Å². The molecule has 0 saturated carbocycles. The van der Waals surface area contributed by atoms with Gasteiger partial charge in [-0.05, 0) is 72.5 Å². The molecule has 2 aromatic carbocycles. The van der Waals surface area contributed by atoms with Gasteiger partial charge >= 0.3 is 0 Å². The number of hydrogen-bond acceptors (Lipinski definition) is 6. The number of nitrogens with zero attached hydrogens (tertiary/aromatic N) is 2. The highest BCUT2D eigenvalue weighted by molar-refractivity contribution is 7.13. The highest BCUT2D eigenvalue weighted by Crippen LogP contribution is 2.30. The summed E-state index contributed by atoms with van der Waals surface area (Å²) < 4.78 is 11.2. The zero-order valence-electron chi connectivity index (χ0n) is 15.3. The standard InChI is InChI=1S/C21H17N3O3S/c1-13-11-12-28-19(13)21-23-20(24-27-21)15-3-7-17(8-4-15)26-18-9-5-16(6-10-18)22-14(2)25/h3-12H,1-2H3,(H,22,25). The van der Waals surface area contributed by atoms with Crippen molar-refractivity contribution in [2.75, 3.05) is 5.32 Å². The van der Waals surface area contributed by atoms with Crippen LogP contribution < -0.4 is 10.1 Å². The second-order valence-corrected chi connectivity index (χ2v) is 7.10. The molecule has 4 rings (SSSR count). The molecule has 0 bridgehead atoms. The smallest absolute Gasteiger partial charge is 0.268 e. The Morgan fingerprint density at radius 1 is 1.04 bits per heavy atom. The second-order valence-electron chi connectivity index (χ2n) is 6.19. The number of aryl methyl sites for hydroxylation is 1. The lowest BCUT2D eigenvalue weighted by molar-refractivity contribution is -0.114. The van der Waals surface area contributed by atoms with Gasteiger partial charge in [-0.1, -0.05) is 5.16 Å². The molecule has 6 nitrogen and oxygen atoms in total. The first-order chi connectivity index (χ1) is 13.6. The van der Waals surface area contributed by atoms with Crippen LogP contribution in [-0.2, 0) is 4.79 Å². The summed E-state index contributed by atoms with van der Waals surface area (Å²) in [5, 5.41) is 8.80. The van der Waals surface area contributed by atoms with E-state index in [1.165, 1.54) is 6.92 Å². The quantitative estimate of drug-likeness (QED) is 0.484. The molecule has 1 N–H and O–H groups in total. The number of thiophene rings is 1. The number of carbonyl (C=O) groups excluding carboxylic acids is 1. The van der Waals surface area contributed by atoms with Gasteiger partial charge in [0.2, 0.25) is 11.7 Å². The summed E-state index contributed by atoms with van der Waals surface area (Å²) >= 11 is 1.58. The van der Waals surface area contributed by atoms with Crippen molar-refractivity contribution in [1.29, 1.82) is 0 Å². The maximum Gasteiger partial charge on any atom is 0.268 e. The Kier molecular flexibility index (Phi) is 4.90. The molecule has 140 valence electrons. The Hall–Kier alpha value is -3.45. The van der Waals surface area contributed by atoms with Crippen LogP contribution in [0.3, 0.4) is 0 Å². The summed E-state index contributed by atoms with van der Waals surface area (Å²) in [5.74, 6) is 2.32. The normalized spacial score (nSPS) is 10.6. The first-order valence-electron chi connectivity index (χ1n) is 8.62. The van der Waals surface area contributed by atoms with E-state index < -0.39 is 0 Å². The summed E-state index contributed by atoms with van der Waals surface area (Å²) in [6.07, 6.45) is 0. The van der Waals surface area contributed by atoms with Crippen molar-refractivity contribution in [1.82, 2.24) is 10.1 Å². The molecular weight excluding hydrogens is 374 g/mol.